The summed E-state index contributed by atoms with van der Waals surface area (Å²) in [5, 5.41) is 3.32. The largest absolute Gasteiger partial charge is 0.469 e. The quantitative estimate of drug-likeness (QED) is 0.826. The predicted molar refractivity (Wildman–Crippen MR) is 94.2 cm³/mol. The molecule has 0 spiro atoms. The van der Waals surface area contributed by atoms with Crippen LogP contribution in [0.3, 0.4) is 0 Å². The summed E-state index contributed by atoms with van der Waals surface area (Å²) in [6.45, 7) is 4.51. The van der Waals surface area contributed by atoms with Crippen molar-refractivity contribution >= 4 is 12.1 Å². The fraction of sp³-hybridized carbons (Fsp3) is 0.579. The SMILES string of the molecule is COC(=O)C[C@@H]1C[C@@H]2OC(C)(C)N(C(=O)OCc3ccccc3)[C@H]2CN1. The fourth-order valence-corrected chi connectivity index (χ4v) is 3.73. The van der Waals surface area contributed by atoms with Gasteiger partial charge in [0.15, 0.2) is 0 Å². The predicted octanol–water partition coefficient (Wildman–Crippen LogP) is 2.05. The Hall–Kier alpha value is -2.12. The van der Waals surface area contributed by atoms with Gasteiger partial charge in [0, 0.05) is 12.6 Å². The van der Waals surface area contributed by atoms with Gasteiger partial charge in [0.25, 0.3) is 0 Å². The lowest BCUT2D eigenvalue weighted by Crippen LogP contribution is -2.56. The topological polar surface area (TPSA) is 77.1 Å². The first-order chi connectivity index (χ1) is 12.4. The van der Waals surface area contributed by atoms with Crippen LogP contribution in [0.1, 0.15) is 32.3 Å². The summed E-state index contributed by atoms with van der Waals surface area (Å²) in [5.74, 6) is -0.252. The lowest BCUT2D eigenvalue weighted by molar-refractivity contribution is -0.141. The monoisotopic (exact) mass is 362 g/mol. The van der Waals surface area contributed by atoms with Crippen LogP contribution < -0.4 is 5.32 Å². The average Bonchev–Trinajstić information content (AvgIpc) is 2.89. The molecule has 1 N–H and O–H groups in total. The smallest absolute Gasteiger partial charge is 0.412 e. The Morgan fingerprint density at radius 1 is 1.31 bits per heavy atom. The molecule has 1 aromatic carbocycles. The molecule has 7 nitrogen and oxygen atoms in total. The van der Waals surface area contributed by atoms with E-state index in [1.807, 2.05) is 44.2 Å². The molecule has 0 bridgehead atoms. The molecular weight excluding hydrogens is 336 g/mol. The third-order valence-electron chi connectivity index (χ3n) is 4.96. The molecule has 0 aliphatic carbocycles. The van der Waals surface area contributed by atoms with E-state index in [4.69, 9.17) is 14.2 Å². The zero-order chi connectivity index (χ0) is 18.7. The molecule has 0 unspecified atom stereocenters. The molecule has 2 saturated heterocycles. The van der Waals surface area contributed by atoms with Crippen molar-refractivity contribution in [1.82, 2.24) is 10.2 Å². The summed E-state index contributed by atoms with van der Waals surface area (Å²) in [6, 6.07) is 9.44. The van der Waals surface area contributed by atoms with Gasteiger partial charge in [-0.3, -0.25) is 9.69 Å². The number of hydrogen-bond acceptors (Lipinski definition) is 6. The number of benzene rings is 1. The minimum absolute atomic E-state index is 0.0141. The van der Waals surface area contributed by atoms with Crippen LogP contribution in [-0.2, 0) is 25.6 Å². The fourth-order valence-electron chi connectivity index (χ4n) is 3.73. The number of piperidine rings is 1. The number of ether oxygens (including phenoxy) is 3. The van der Waals surface area contributed by atoms with Crippen molar-refractivity contribution in [3.63, 3.8) is 0 Å². The number of methoxy groups -OCH3 is 1. The van der Waals surface area contributed by atoms with Crippen LogP contribution >= 0.6 is 0 Å². The van der Waals surface area contributed by atoms with E-state index in [2.05, 4.69) is 5.32 Å². The van der Waals surface area contributed by atoms with Crippen molar-refractivity contribution < 1.29 is 23.8 Å². The van der Waals surface area contributed by atoms with E-state index < -0.39 is 5.72 Å². The second-order valence-electron chi connectivity index (χ2n) is 7.20. The second kappa shape index (κ2) is 7.63. The second-order valence-corrected chi connectivity index (χ2v) is 7.20. The van der Waals surface area contributed by atoms with Gasteiger partial charge in [-0.2, -0.15) is 0 Å². The van der Waals surface area contributed by atoms with E-state index in [-0.39, 0.29) is 36.9 Å². The maximum Gasteiger partial charge on any atom is 0.412 e. The van der Waals surface area contributed by atoms with Gasteiger partial charge in [-0.1, -0.05) is 30.3 Å². The molecule has 1 aromatic rings. The number of nitrogens with one attached hydrogen (secondary N) is 1. The minimum Gasteiger partial charge on any atom is -0.469 e. The van der Waals surface area contributed by atoms with E-state index in [1.54, 1.807) is 4.90 Å². The molecule has 142 valence electrons. The molecular formula is C19H26N2O5. The Labute approximate surface area is 153 Å². The zero-order valence-corrected chi connectivity index (χ0v) is 15.4. The minimum atomic E-state index is -0.759. The van der Waals surface area contributed by atoms with E-state index >= 15 is 0 Å². The van der Waals surface area contributed by atoms with Crippen molar-refractivity contribution in [3.8, 4) is 0 Å². The number of nitrogens with zero attached hydrogens (tertiary/aromatic N) is 1. The summed E-state index contributed by atoms with van der Waals surface area (Å²) in [4.78, 5) is 25.9. The van der Waals surface area contributed by atoms with Crippen molar-refractivity contribution in [3.05, 3.63) is 35.9 Å². The molecule has 26 heavy (non-hydrogen) atoms. The van der Waals surface area contributed by atoms with Crippen molar-refractivity contribution in [1.29, 1.82) is 0 Å². The van der Waals surface area contributed by atoms with E-state index in [1.165, 1.54) is 7.11 Å². The van der Waals surface area contributed by atoms with Gasteiger partial charge < -0.3 is 19.5 Å². The Bertz CT molecular complexity index is 649. The highest BCUT2D eigenvalue weighted by Gasteiger charge is 2.52. The number of amides is 1. The number of carbonyl (C=O) groups excluding carboxylic acids is 2. The molecule has 2 aliphatic rings. The first kappa shape index (κ1) is 18.7. The van der Waals surface area contributed by atoms with Crippen LogP contribution in [-0.4, -0.2) is 54.5 Å². The summed E-state index contributed by atoms with van der Waals surface area (Å²) in [6.07, 6.45) is 0.415. The highest BCUT2D eigenvalue weighted by atomic mass is 16.6. The van der Waals surface area contributed by atoms with Crippen LogP contribution in [0.25, 0.3) is 0 Å². The van der Waals surface area contributed by atoms with Gasteiger partial charge in [-0.15, -0.1) is 0 Å². The zero-order valence-electron chi connectivity index (χ0n) is 15.4. The first-order valence-corrected chi connectivity index (χ1v) is 8.89. The number of rotatable bonds is 4. The van der Waals surface area contributed by atoms with Gasteiger partial charge in [0.2, 0.25) is 0 Å². The Morgan fingerprint density at radius 2 is 2.04 bits per heavy atom. The summed E-state index contributed by atoms with van der Waals surface area (Å²) in [5.41, 5.74) is 0.181. The van der Waals surface area contributed by atoms with Crippen LogP contribution in [0.15, 0.2) is 30.3 Å². The van der Waals surface area contributed by atoms with E-state index in [9.17, 15) is 9.59 Å². The Kier molecular flexibility index (Phi) is 5.48. The first-order valence-electron chi connectivity index (χ1n) is 8.89. The number of esters is 1. The molecule has 7 heteroatoms. The molecule has 2 heterocycles. The maximum atomic E-state index is 12.7. The Balaban J connectivity index is 1.63. The molecule has 0 saturated carbocycles. The van der Waals surface area contributed by atoms with Crippen molar-refractivity contribution in [2.75, 3.05) is 13.7 Å². The molecule has 3 atom stereocenters. The van der Waals surface area contributed by atoms with Crippen LogP contribution in [0.4, 0.5) is 4.79 Å². The average molecular weight is 362 g/mol. The van der Waals surface area contributed by atoms with E-state index in [0.29, 0.717) is 19.4 Å². The van der Waals surface area contributed by atoms with E-state index in [0.717, 1.165) is 5.56 Å². The third kappa shape index (κ3) is 3.99. The number of carbonyl (C=O) groups is 2. The Morgan fingerprint density at radius 3 is 2.73 bits per heavy atom. The molecule has 2 aliphatic heterocycles. The summed E-state index contributed by atoms with van der Waals surface area (Å²) >= 11 is 0. The van der Waals surface area contributed by atoms with Gasteiger partial charge in [-0.25, -0.2) is 4.79 Å². The molecule has 3 rings (SSSR count). The molecule has 1 amide bonds. The highest BCUT2D eigenvalue weighted by Crippen LogP contribution is 2.36. The van der Waals surface area contributed by atoms with Crippen molar-refractivity contribution in [2.45, 2.75) is 57.2 Å². The lowest BCUT2D eigenvalue weighted by atomic mass is 9.95. The van der Waals surface area contributed by atoms with Crippen LogP contribution in [0, 0.1) is 0 Å². The number of hydrogen-bond donors (Lipinski definition) is 1. The lowest BCUT2D eigenvalue weighted by Gasteiger charge is -2.35. The maximum absolute atomic E-state index is 12.7. The van der Waals surface area contributed by atoms with Gasteiger partial charge in [0.05, 0.1) is 25.7 Å². The molecule has 0 radical (unpaired) electrons. The van der Waals surface area contributed by atoms with Crippen molar-refractivity contribution in [2.24, 2.45) is 0 Å². The summed E-state index contributed by atoms with van der Waals surface area (Å²) < 4.78 is 16.4. The van der Waals surface area contributed by atoms with Crippen LogP contribution in [0.5, 0.6) is 0 Å². The van der Waals surface area contributed by atoms with Gasteiger partial charge in [0.1, 0.15) is 12.3 Å². The normalized spacial score (nSPS) is 26.9. The van der Waals surface area contributed by atoms with Crippen LogP contribution in [0.2, 0.25) is 0 Å². The van der Waals surface area contributed by atoms with Gasteiger partial charge in [-0.05, 0) is 25.8 Å². The van der Waals surface area contributed by atoms with Gasteiger partial charge >= 0.3 is 12.1 Å². The number of fused-ring (bicyclic) bond motifs is 1. The molecule has 2 fully saturated rings. The summed E-state index contributed by atoms with van der Waals surface area (Å²) in [7, 11) is 1.38. The third-order valence-corrected chi connectivity index (χ3v) is 4.96. The molecule has 0 aromatic heterocycles. The highest BCUT2D eigenvalue weighted by molar-refractivity contribution is 5.70. The standard InChI is InChI=1S/C19H26N2O5/c1-19(2)21(18(23)25-12-13-7-5-4-6-8-13)15-11-20-14(9-16(15)26-19)10-17(22)24-3/h4-8,14-16,20H,9-12H2,1-3H3/t14-,15-,16-/m0/s1.